The molecule has 156 valence electrons. The Labute approximate surface area is 187 Å². The minimum atomic E-state index is -0.520. The SMILES string of the molecule is COc1cccc(/C=C2\Oc3cc(OC(=O)c4ccccc4Br)ccc3C2=O)c1OC. The molecule has 0 N–H and O–H groups in total. The van der Waals surface area contributed by atoms with Gasteiger partial charge in [0, 0.05) is 16.1 Å². The molecule has 0 radical (unpaired) electrons. The highest BCUT2D eigenvalue weighted by molar-refractivity contribution is 9.10. The van der Waals surface area contributed by atoms with Crippen molar-refractivity contribution in [3.8, 4) is 23.0 Å². The summed E-state index contributed by atoms with van der Waals surface area (Å²) in [6, 6.07) is 17.0. The van der Waals surface area contributed by atoms with Gasteiger partial charge in [0.15, 0.2) is 17.3 Å². The van der Waals surface area contributed by atoms with Crippen LogP contribution in [0, 0.1) is 0 Å². The van der Waals surface area contributed by atoms with Crippen molar-refractivity contribution in [3.05, 3.63) is 87.6 Å². The number of fused-ring (bicyclic) bond motifs is 1. The van der Waals surface area contributed by atoms with Gasteiger partial charge in [-0.3, -0.25) is 4.79 Å². The highest BCUT2D eigenvalue weighted by Gasteiger charge is 2.28. The number of allylic oxidation sites excluding steroid dienone is 1. The number of carbonyl (C=O) groups is 2. The minimum Gasteiger partial charge on any atom is -0.493 e. The van der Waals surface area contributed by atoms with Crippen LogP contribution in [0.2, 0.25) is 0 Å². The molecule has 31 heavy (non-hydrogen) atoms. The van der Waals surface area contributed by atoms with Crippen LogP contribution >= 0.6 is 15.9 Å². The van der Waals surface area contributed by atoms with Crippen LogP contribution < -0.4 is 18.9 Å². The average molecular weight is 481 g/mol. The van der Waals surface area contributed by atoms with E-state index in [1.165, 1.54) is 13.2 Å². The van der Waals surface area contributed by atoms with E-state index in [4.69, 9.17) is 18.9 Å². The molecular formula is C24H17BrO6. The first-order chi connectivity index (χ1) is 15.0. The Morgan fingerprint density at radius 3 is 2.55 bits per heavy atom. The standard InChI is InChI=1S/C24H17BrO6/c1-28-19-9-5-6-14(23(19)29-2)12-21-22(26)17-11-10-15(13-20(17)31-21)30-24(27)16-7-3-4-8-18(16)25/h3-13H,1-2H3/b21-12-. The zero-order chi connectivity index (χ0) is 22.0. The first-order valence-electron chi connectivity index (χ1n) is 9.28. The zero-order valence-electron chi connectivity index (χ0n) is 16.7. The van der Waals surface area contributed by atoms with Gasteiger partial charge in [0.2, 0.25) is 5.78 Å². The highest BCUT2D eigenvalue weighted by atomic mass is 79.9. The summed E-state index contributed by atoms with van der Waals surface area (Å²) in [5.41, 5.74) is 1.41. The van der Waals surface area contributed by atoms with Crippen molar-refractivity contribution >= 4 is 33.8 Å². The van der Waals surface area contributed by atoms with Crippen LogP contribution in [0.5, 0.6) is 23.0 Å². The quantitative estimate of drug-likeness (QED) is 0.280. The molecular weight excluding hydrogens is 464 g/mol. The normalized spacial score (nSPS) is 13.5. The van der Waals surface area contributed by atoms with Gasteiger partial charge < -0.3 is 18.9 Å². The second kappa shape index (κ2) is 8.65. The van der Waals surface area contributed by atoms with Gasteiger partial charge in [0.25, 0.3) is 0 Å². The summed E-state index contributed by atoms with van der Waals surface area (Å²) < 4.78 is 22.5. The molecule has 0 spiro atoms. The lowest BCUT2D eigenvalue weighted by Gasteiger charge is -2.10. The smallest absolute Gasteiger partial charge is 0.344 e. The molecule has 4 rings (SSSR count). The molecule has 7 heteroatoms. The summed E-state index contributed by atoms with van der Waals surface area (Å²) >= 11 is 3.33. The molecule has 1 aliphatic rings. The summed E-state index contributed by atoms with van der Waals surface area (Å²) in [6.45, 7) is 0. The number of ether oxygens (including phenoxy) is 4. The van der Waals surface area contributed by atoms with E-state index >= 15 is 0 Å². The summed E-state index contributed by atoms with van der Waals surface area (Å²) in [5, 5.41) is 0. The maximum atomic E-state index is 12.8. The van der Waals surface area contributed by atoms with Gasteiger partial charge in [-0.1, -0.05) is 24.3 Å². The molecule has 0 unspecified atom stereocenters. The van der Waals surface area contributed by atoms with Crippen LogP contribution in [0.4, 0.5) is 0 Å². The van der Waals surface area contributed by atoms with Crippen molar-refractivity contribution in [2.24, 2.45) is 0 Å². The summed E-state index contributed by atoms with van der Waals surface area (Å²) in [4.78, 5) is 25.2. The highest BCUT2D eigenvalue weighted by Crippen LogP contribution is 2.37. The summed E-state index contributed by atoms with van der Waals surface area (Å²) in [5.74, 6) is 0.963. The number of esters is 1. The van der Waals surface area contributed by atoms with Crippen molar-refractivity contribution in [2.45, 2.75) is 0 Å². The van der Waals surface area contributed by atoms with E-state index in [0.29, 0.717) is 38.4 Å². The fourth-order valence-corrected chi connectivity index (χ4v) is 3.63. The lowest BCUT2D eigenvalue weighted by molar-refractivity contribution is 0.0733. The van der Waals surface area contributed by atoms with Gasteiger partial charge in [0.05, 0.1) is 25.3 Å². The third-order valence-electron chi connectivity index (χ3n) is 4.67. The summed E-state index contributed by atoms with van der Waals surface area (Å²) in [6.07, 6.45) is 1.59. The molecule has 0 saturated heterocycles. The number of hydrogen-bond donors (Lipinski definition) is 0. The second-order valence-corrected chi connectivity index (χ2v) is 7.40. The average Bonchev–Trinajstić information content (AvgIpc) is 3.08. The van der Waals surface area contributed by atoms with Crippen LogP contribution in [0.3, 0.4) is 0 Å². The predicted molar refractivity (Wildman–Crippen MR) is 118 cm³/mol. The van der Waals surface area contributed by atoms with E-state index in [1.54, 1.807) is 67.8 Å². The third kappa shape index (κ3) is 4.04. The van der Waals surface area contributed by atoms with E-state index in [9.17, 15) is 9.59 Å². The summed E-state index contributed by atoms with van der Waals surface area (Å²) in [7, 11) is 3.07. The van der Waals surface area contributed by atoms with Gasteiger partial charge in [-0.05, 0) is 52.3 Å². The van der Waals surface area contributed by atoms with Gasteiger partial charge >= 0.3 is 5.97 Å². The zero-order valence-corrected chi connectivity index (χ0v) is 18.3. The molecule has 1 aliphatic heterocycles. The van der Waals surface area contributed by atoms with Crippen molar-refractivity contribution < 1.29 is 28.5 Å². The van der Waals surface area contributed by atoms with E-state index in [2.05, 4.69) is 15.9 Å². The van der Waals surface area contributed by atoms with Crippen LogP contribution in [0.15, 0.2) is 70.9 Å². The third-order valence-corrected chi connectivity index (χ3v) is 5.36. The van der Waals surface area contributed by atoms with E-state index in [-0.39, 0.29) is 17.3 Å². The Hall–Kier alpha value is -3.58. The van der Waals surface area contributed by atoms with Gasteiger partial charge in [-0.2, -0.15) is 0 Å². The largest absolute Gasteiger partial charge is 0.493 e. The van der Waals surface area contributed by atoms with Crippen molar-refractivity contribution in [3.63, 3.8) is 0 Å². The fraction of sp³-hybridized carbons (Fsp3) is 0.0833. The topological polar surface area (TPSA) is 71.1 Å². The van der Waals surface area contributed by atoms with E-state index < -0.39 is 5.97 Å². The number of ketones is 1. The first kappa shape index (κ1) is 20.7. The predicted octanol–water partition coefficient (Wildman–Crippen LogP) is 5.30. The van der Waals surface area contributed by atoms with Crippen LogP contribution in [0.1, 0.15) is 26.3 Å². The molecule has 3 aromatic carbocycles. The molecule has 0 atom stereocenters. The Balaban J connectivity index is 1.60. The number of rotatable bonds is 5. The molecule has 0 amide bonds. The van der Waals surface area contributed by atoms with Gasteiger partial charge in [-0.15, -0.1) is 0 Å². The number of hydrogen-bond acceptors (Lipinski definition) is 6. The lowest BCUT2D eigenvalue weighted by atomic mass is 10.1. The molecule has 0 aliphatic carbocycles. The number of benzene rings is 3. The van der Waals surface area contributed by atoms with Crippen molar-refractivity contribution in [1.82, 2.24) is 0 Å². The van der Waals surface area contributed by atoms with E-state index in [1.807, 2.05) is 0 Å². The number of methoxy groups -OCH3 is 2. The molecule has 0 fully saturated rings. The molecule has 1 heterocycles. The molecule has 6 nitrogen and oxygen atoms in total. The first-order valence-corrected chi connectivity index (χ1v) is 10.1. The lowest BCUT2D eigenvalue weighted by Crippen LogP contribution is -2.09. The molecule has 3 aromatic rings. The molecule has 0 bridgehead atoms. The van der Waals surface area contributed by atoms with Gasteiger partial charge in [-0.25, -0.2) is 4.79 Å². The molecule has 0 aromatic heterocycles. The second-order valence-electron chi connectivity index (χ2n) is 6.55. The number of carbonyl (C=O) groups excluding carboxylic acids is 2. The minimum absolute atomic E-state index is 0.135. The maximum absolute atomic E-state index is 12.8. The number of halogens is 1. The number of para-hydroxylation sites is 1. The van der Waals surface area contributed by atoms with Crippen LogP contribution in [0.25, 0.3) is 6.08 Å². The Kier molecular flexibility index (Phi) is 5.77. The number of Topliss-reactive ketones (excluding diaryl/α,β-unsaturated/α-hetero) is 1. The fourth-order valence-electron chi connectivity index (χ4n) is 3.19. The monoisotopic (exact) mass is 480 g/mol. The Morgan fingerprint density at radius 1 is 1.00 bits per heavy atom. The van der Waals surface area contributed by atoms with Crippen molar-refractivity contribution in [2.75, 3.05) is 14.2 Å². The van der Waals surface area contributed by atoms with Crippen LogP contribution in [-0.4, -0.2) is 26.0 Å². The van der Waals surface area contributed by atoms with Crippen molar-refractivity contribution in [1.29, 1.82) is 0 Å². The van der Waals surface area contributed by atoms with Gasteiger partial charge in [0.1, 0.15) is 11.5 Å². The molecule has 0 saturated carbocycles. The Morgan fingerprint density at radius 2 is 1.81 bits per heavy atom. The maximum Gasteiger partial charge on any atom is 0.344 e. The Bertz CT molecular complexity index is 1210. The van der Waals surface area contributed by atoms with E-state index in [0.717, 1.165) is 0 Å². The van der Waals surface area contributed by atoms with Crippen LogP contribution in [-0.2, 0) is 0 Å².